The predicted octanol–water partition coefficient (Wildman–Crippen LogP) is 3.28. The second-order valence-electron chi connectivity index (χ2n) is 3.01. The molecule has 0 spiro atoms. The summed E-state index contributed by atoms with van der Waals surface area (Å²) in [5, 5.41) is 0. The SMILES string of the molecule is COC(C)=C(C)C(C)=C(C)C. The number of hydrogen-bond donors (Lipinski definition) is 0. The molecule has 1 nitrogen and oxygen atoms in total. The van der Waals surface area contributed by atoms with E-state index < -0.39 is 0 Å². The van der Waals surface area contributed by atoms with E-state index >= 15 is 0 Å². The molecule has 0 unspecified atom stereocenters. The van der Waals surface area contributed by atoms with E-state index in [9.17, 15) is 0 Å². The molecule has 1 heteroatoms. The Hall–Kier alpha value is -0.720. The Morgan fingerprint density at radius 1 is 0.818 bits per heavy atom. The van der Waals surface area contributed by atoms with Crippen molar-refractivity contribution >= 4 is 0 Å². The second-order valence-corrected chi connectivity index (χ2v) is 3.01. The van der Waals surface area contributed by atoms with Crippen molar-refractivity contribution in [2.75, 3.05) is 7.11 Å². The molecule has 0 aliphatic heterocycles. The van der Waals surface area contributed by atoms with Gasteiger partial charge in [0, 0.05) is 0 Å². The molecular formula is C10H18O. The standard InChI is InChI=1S/C10H18O/c1-7(2)8(3)9(4)10(5)11-6/h1-6H3. The lowest BCUT2D eigenvalue weighted by Gasteiger charge is -2.08. The molecule has 0 radical (unpaired) electrons. The van der Waals surface area contributed by atoms with E-state index in [1.54, 1.807) is 7.11 Å². The highest BCUT2D eigenvalue weighted by Crippen LogP contribution is 2.17. The minimum absolute atomic E-state index is 1.00. The van der Waals surface area contributed by atoms with Crippen molar-refractivity contribution in [2.24, 2.45) is 0 Å². The molecule has 0 aliphatic rings. The maximum atomic E-state index is 5.13. The molecule has 11 heavy (non-hydrogen) atoms. The Bertz CT molecular complexity index is 193. The molecule has 0 rings (SSSR count). The van der Waals surface area contributed by atoms with Crippen LogP contribution in [0.2, 0.25) is 0 Å². The van der Waals surface area contributed by atoms with Crippen LogP contribution in [0.3, 0.4) is 0 Å². The van der Waals surface area contributed by atoms with E-state index in [1.807, 2.05) is 6.92 Å². The summed E-state index contributed by atoms with van der Waals surface area (Å²) in [6.07, 6.45) is 0. The normalized spacial score (nSPS) is 12.2. The van der Waals surface area contributed by atoms with Gasteiger partial charge in [-0.1, -0.05) is 5.57 Å². The van der Waals surface area contributed by atoms with Crippen LogP contribution in [0.5, 0.6) is 0 Å². The van der Waals surface area contributed by atoms with Crippen molar-refractivity contribution in [3.05, 3.63) is 22.5 Å². The predicted molar refractivity (Wildman–Crippen MR) is 49.4 cm³/mol. The summed E-state index contributed by atoms with van der Waals surface area (Å²) in [6.45, 7) is 10.4. The van der Waals surface area contributed by atoms with Crippen LogP contribution in [0.15, 0.2) is 22.5 Å². The van der Waals surface area contributed by atoms with Crippen LogP contribution in [-0.2, 0) is 4.74 Å². The van der Waals surface area contributed by atoms with Crippen LogP contribution in [0.25, 0.3) is 0 Å². The number of rotatable bonds is 2. The highest BCUT2D eigenvalue weighted by Gasteiger charge is 1.99. The quantitative estimate of drug-likeness (QED) is 0.438. The summed E-state index contributed by atoms with van der Waals surface area (Å²) < 4.78 is 5.13. The van der Waals surface area contributed by atoms with E-state index in [0.717, 1.165) is 5.76 Å². The largest absolute Gasteiger partial charge is 0.501 e. The first-order valence-electron chi connectivity index (χ1n) is 3.86. The average Bonchev–Trinajstić information content (AvgIpc) is 2.00. The summed E-state index contributed by atoms with van der Waals surface area (Å²) in [5.41, 5.74) is 3.91. The van der Waals surface area contributed by atoms with E-state index in [0.29, 0.717) is 0 Å². The molecule has 0 aliphatic carbocycles. The molecule has 64 valence electrons. The summed E-state index contributed by atoms with van der Waals surface area (Å²) in [7, 11) is 1.71. The lowest BCUT2D eigenvalue weighted by molar-refractivity contribution is 0.289. The summed E-state index contributed by atoms with van der Waals surface area (Å²) >= 11 is 0. The highest BCUT2D eigenvalue weighted by molar-refractivity contribution is 5.32. The summed E-state index contributed by atoms with van der Waals surface area (Å²) in [6, 6.07) is 0. The molecule has 0 heterocycles. The van der Waals surface area contributed by atoms with Crippen LogP contribution in [0.4, 0.5) is 0 Å². The molecule has 0 N–H and O–H groups in total. The molecule has 0 fully saturated rings. The lowest BCUT2D eigenvalue weighted by atomic mass is 10.0. The van der Waals surface area contributed by atoms with Gasteiger partial charge in [0.05, 0.1) is 12.9 Å². The van der Waals surface area contributed by atoms with Crippen molar-refractivity contribution < 1.29 is 4.74 Å². The zero-order valence-corrected chi connectivity index (χ0v) is 8.41. The van der Waals surface area contributed by atoms with Crippen LogP contribution in [0, 0.1) is 0 Å². The highest BCUT2D eigenvalue weighted by atomic mass is 16.5. The first-order chi connectivity index (χ1) is 5.00. The zero-order valence-electron chi connectivity index (χ0n) is 8.41. The Kier molecular flexibility index (Phi) is 3.94. The van der Waals surface area contributed by atoms with Gasteiger partial charge >= 0.3 is 0 Å². The van der Waals surface area contributed by atoms with Crippen LogP contribution >= 0.6 is 0 Å². The smallest absolute Gasteiger partial charge is 0.0956 e. The molecule has 0 aromatic heterocycles. The van der Waals surface area contributed by atoms with Crippen molar-refractivity contribution in [3.8, 4) is 0 Å². The van der Waals surface area contributed by atoms with Crippen LogP contribution in [-0.4, -0.2) is 7.11 Å². The van der Waals surface area contributed by atoms with Crippen LogP contribution < -0.4 is 0 Å². The maximum Gasteiger partial charge on any atom is 0.0956 e. The van der Waals surface area contributed by atoms with Gasteiger partial charge in [-0.05, 0) is 45.8 Å². The van der Waals surface area contributed by atoms with Gasteiger partial charge in [0.15, 0.2) is 0 Å². The topological polar surface area (TPSA) is 9.23 Å². The van der Waals surface area contributed by atoms with E-state index in [2.05, 4.69) is 27.7 Å². The Morgan fingerprint density at radius 2 is 1.27 bits per heavy atom. The van der Waals surface area contributed by atoms with E-state index in [-0.39, 0.29) is 0 Å². The number of methoxy groups -OCH3 is 1. The van der Waals surface area contributed by atoms with E-state index in [1.165, 1.54) is 16.7 Å². The number of hydrogen-bond acceptors (Lipinski definition) is 1. The number of ether oxygens (including phenoxy) is 1. The summed E-state index contributed by atoms with van der Waals surface area (Å²) in [4.78, 5) is 0. The van der Waals surface area contributed by atoms with Gasteiger partial charge in [-0.15, -0.1) is 0 Å². The monoisotopic (exact) mass is 154 g/mol. The Balaban J connectivity index is 4.75. The molecule has 0 saturated carbocycles. The van der Waals surface area contributed by atoms with Crippen molar-refractivity contribution in [3.63, 3.8) is 0 Å². The maximum absolute atomic E-state index is 5.13. The third-order valence-corrected chi connectivity index (χ3v) is 2.15. The molecule has 0 saturated heterocycles. The fourth-order valence-electron chi connectivity index (χ4n) is 0.792. The van der Waals surface area contributed by atoms with Crippen molar-refractivity contribution in [1.82, 2.24) is 0 Å². The molecule has 0 aromatic carbocycles. The van der Waals surface area contributed by atoms with Crippen LogP contribution in [0.1, 0.15) is 34.6 Å². The van der Waals surface area contributed by atoms with Gasteiger partial charge in [0.1, 0.15) is 0 Å². The van der Waals surface area contributed by atoms with E-state index in [4.69, 9.17) is 4.74 Å². The third kappa shape index (κ3) is 2.79. The lowest BCUT2D eigenvalue weighted by Crippen LogP contribution is -1.90. The Labute approximate surface area is 69.8 Å². The second kappa shape index (κ2) is 4.22. The van der Waals surface area contributed by atoms with Gasteiger partial charge in [-0.25, -0.2) is 0 Å². The van der Waals surface area contributed by atoms with Gasteiger partial charge in [0.2, 0.25) is 0 Å². The minimum Gasteiger partial charge on any atom is -0.501 e. The molecule has 0 atom stereocenters. The molecular weight excluding hydrogens is 136 g/mol. The summed E-state index contributed by atoms with van der Waals surface area (Å²) in [5.74, 6) is 1.00. The first-order valence-corrected chi connectivity index (χ1v) is 3.86. The first kappa shape index (κ1) is 10.3. The minimum atomic E-state index is 1.00. The molecule has 0 bridgehead atoms. The zero-order chi connectivity index (χ0) is 9.02. The fraction of sp³-hybridized carbons (Fsp3) is 0.600. The van der Waals surface area contributed by atoms with Crippen molar-refractivity contribution in [2.45, 2.75) is 34.6 Å². The van der Waals surface area contributed by atoms with Gasteiger partial charge in [-0.2, -0.15) is 0 Å². The van der Waals surface area contributed by atoms with Crippen molar-refractivity contribution in [1.29, 1.82) is 0 Å². The van der Waals surface area contributed by atoms with Gasteiger partial charge in [-0.3, -0.25) is 0 Å². The molecule has 0 aromatic rings. The third-order valence-electron chi connectivity index (χ3n) is 2.15. The Morgan fingerprint density at radius 3 is 1.55 bits per heavy atom. The fourth-order valence-corrected chi connectivity index (χ4v) is 0.792. The van der Waals surface area contributed by atoms with Gasteiger partial charge in [0.25, 0.3) is 0 Å². The van der Waals surface area contributed by atoms with Gasteiger partial charge < -0.3 is 4.74 Å². The number of allylic oxidation sites excluding steroid dienone is 4. The molecule has 0 amide bonds. The average molecular weight is 154 g/mol.